The Kier molecular flexibility index (Phi) is 6.03. The zero-order valence-electron chi connectivity index (χ0n) is 19.8. The molecule has 10 nitrogen and oxygen atoms in total. The second-order valence-electron chi connectivity index (χ2n) is 11.2. The molecule has 5 saturated carbocycles. The first-order chi connectivity index (χ1) is 17.2. The maximum atomic E-state index is 13.7. The van der Waals surface area contributed by atoms with Gasteiger partial charge in [-0.05, 0) is 43.9 Å². The van der Waals surface area contributed by atoms with E-state index in [1.807, 2.05) is 0 Å². The molecule has 0 radical (unpaired) electrons. The average molecular weight is 532 g/mol. The summed E-state index contributed by atoms with van der Waals surface area (Å²) in [4.78, 5) is 63.2. The van der Waals surface area contributed by atoms with Gasteiger partial charge in [0.05, 0.1) is 6.04 Å². The normalized spacial score (nSPS) is 36.4. The lowest BCUT2D eigenvalue weighted by Gasteiger charge is -2.65. The maximum Gasteiger partial charge on any atom is 0.522 e. The monoisotopic (exact) mass is 532 g/mol. The number of hydrogen-bond acceptors (Lipinski definition) is 6. The van der Waals surface area contributed by atoms with Crippen LogP contribution in [0.3, 0.4) is 0 Å². The molecule has 0 spiro atoms. The predicted molar refractivity (Wildman–Crippen MR) is 115 cm³/mol. The lowest BCUT2D eigenvalue weighted by atomic mass is 9.47. The van der Waals surface area contributed by atoms with Crippen LogP contribution in [0.5, 0.6) is 0 Å². The second-order valence-corrected chi connectivity index (χ2v) is 11.2. The van der Waals surface area contributed by atoms with E-state index in [0.717, 1.165) is 12.8 Å². The molecular formula is C23H28F4N4O6. The number of ketones is 1. The lowest BCUT2D eigenvalue weighted by Crippen LogP contribution is -2.77. The van der Waals surface area contributed by atoms with E-state index < -0.39 is 65.2 Å². The van der Waals surface area contributed by atoms with E-state index in [9.17, 15) is 41.5 Å². The van der Waals surface area contributed by atoms with Crippen molar-refractivity contribution in [2.24, 2.45) is 17.8 Å². The van der Waals surface area contributed by atoms with E-state index in [2.05, 4.69) is 26.0 Å². The molecule has 0 aromatic heterocycles. The summed E-state index contributed by atoms with van der Waals surface area (Å²) >= 11 is 0. The van der Waals surface area contributed by atoms with E-state index >= 15 is 0 Å². The van der Waals surface area contributed by atoms with E-state index in [0.29, 0.717) is 13.0 Å². The van der Waals surface area contributed by atoms with Crippen molar-refractivity contribution in [3.63, 3.8) is 0 Å². The molecule has 1 saturated heterocycles. The number of carbonyl (C=O) groups is 5. The Morgan fingerprint density at radius 2 is 1.70 bits per heavy atom. The zero-order chi connectivity index (χ0) is 26.8. The van der Waals surface area contributed by atoms with Gasteiger partial charge in [0.2, 0.25) is 11.8 Å². The molecule has 6 fully saturated rings. The number of amides is 4. The van der Waals surface area contributed by atoms with Crippen LogP contribution in [0.4, 0.5) is 17.6 Å². The first-order valence-corrected chi connectivity index (χ1v) is 12.4. The Morgan fingerprint density at radius 3 is 2.24 bits per heavy atom. The van der Waals surface area contributed by atoms with E-state index in [1.165, 1.54) is 0 Å². The van der Waals surface area contributed by atoms with Gasteiger partial charge in [0, 0.05) is 37.3 Å². The third kappa shape index (κ3) is 5.16. The van der Waals surface area contributed by atoms with E-state index in [-0.39, 0.29) is 49.8 Å². The summed E-state index contributed by atoms with van der Waals surface area (Å²) in [6.07, 6.45) is -2.73. The third-order valence-corrected chi connectivity index (χ3v) is 8.25. The fourth-order valence-electron chi connectivity index (χ4n) is 6.14. The maximum absolute atomic E-state index is 13.7. The van der Waals surface area contributed by atoms with Crippen LogP contribution in [0.2, 0.25) is 0 Å². The SMILES string of the molecule is O=C(NC12CC(F)(C1)C2)C(=O)N[C@]1(C(=O)N[C@@H](C[C@@H]2CCNC2=O)C(=O)COC(F)(F)F)C[C@H]1C1CC1. The van der Waals surface area contributed by atoms with Crippen LogP contribution in [-0.2, 0) is 28.7 Å². The predicted octanol–water partition coefficient (Wildman–Crippen LogP) is 0.149. The molecule has 6 rings (SSSR count). The van der Waals surface area contributed by atoms with Gasteiger partial charge in [-0.2, -0.15) is 0 Å². The smallest absolute Gasteiger partial charge is 0.356 e. The van der Waals surface area contributed by atoms with Gasteiger partial charge in [0.1, 0.15) is 17.8 Å². The molecule has 4 amide bonds. The molecule has 0 unspecified atom stereocenters. The number of hydrogen-bond donors (Lipinski definition) is 4. The van der Waals surface area contributed by atoms with Gasteiger partial charge in [-0.15, -0.1) is 13.2 Å². The number of nitrogens with one attached hydrogen (secondary N) is 4. The van der Waals surface area contributed by atoms with Gasteiger partial charge >= 0.3 is 18.2 Å². The summed E-state index contributed by atoms with van der Waals surface area (Å²) in [5.41, 5.74) is -3.53. The minimum atomic E-state index is -5.06. The summed E-state index contributed by atoms with van der Waals surface area (Å²) in [5.74, 6) is -5.19. The van der Waals surface area contributed by atoms with Crippen LogP contribution in [0.1, 0.15) is 51.4 Å². The highest BCUT2D eigenvalue weighted by Crippen LogP contribution is 2.63. The Hall–Kier alpha value is -2.77. The van der Waals surface area contributed by atoms with Crippen molar-refractivity contribution in [3.8, 4) is 0 Å². The number of rotatable bonds is 10. The quantitative estimate of drug-likeness (QED) is 0.233. The zero-order valence-corrected chi connectivity index (χ0v) is 19.8. The summed E-state index contributed by atoms with van der Waals surface area (Å²) in [6.45, 7) is -1.02. The molecule has 0 aromatic carbocycles. The molecule has 0 aromatic rings. The van der Waals surface area contributed by atoms with Crippen LogP contribution in [-0.4, -0.2) is 71.7 Å². The van der Waals surface area contributed by atoms with Crippen molar-refractivity contribution in [3.05, 3.63) is 0 Å². The topological polar surface area (TPSA) is 143 Å². The minimum Gasteiger partial charge on any atom is -0.356 e. The Labute approximate surface area is 209 Å². The Bertz CT molecular complexity index is 1030. The largest absolute Gasteiger partial charge is 0.522 e. The van der Waals surface area contributed by atoms with Crippen LogP contribution in [0, 0.1) is 17.8 Å². The summed E-state index contributed by atoms with van der Waals surface area (Å²) < 4.78 is 54.9. The van der Waals surface area contributed by atoms with Crippen LogP contribution in [0.15, 0.2) is 0 Å². The molecule has 204 valence electrons. The van der Waals surface area contributed by atoms with Gasteiger partial charge in [0.15, 0.2) is 5.78 Å². The molecule has 1 aliphatic heterocycles. The molecule has 6 aliphatic rings. The van der Waals surface area contributed by atoms with E-state index in [1.54, 1.807) is 0 Å². The van der Waals surface area contributed by atoms with Gasteiger partial charge < -0.3 is 21.3 Å². The van der Waals surface area contributed by atoms with Crippen molar-refractivity contribution < 1.29 is 46.3 Å². The second kappa shape index (κ2) is 8.63. The van der Waals surface area contributed by atoms with Crippen molar-refractivity contribution in [2.45, 2.75) is 80.5 Å². The summed E-state index contributed by atoms with van der Waals surface area (Å²) in [6, 6.07) is -1.46. The fourth-order valence-corrected chi connectivity index (χ4v) is 6.14. The Morgan fingerprint density at radius 1 is 1.05 bits per heavy atom. The summed E-state index contributed by atoms with van der Waals surface area (Å²) in [7, 11) is 0. The van der Waals surface area contributed by atoms with Gasteiger partial charge in [-0.1, -0.05) is 0 Å². The van der Waals surface area contributed by atoms with Gasteiger partial charge in [-0.3, -0.25) is 28.7 Å². The fraction of sp³-hybridized carbons (Fsp3) is 0.783. The molecule has 1 heterocycles. The average Bonchev–Trinajstić information content (AvgIpc) is 3.67. The van der Waals surface area contributed by atoms with Crippen molar-refractivity contribution in [1.82, 2.24) is 21.3 Å². The molecular weight excluding hydrogens is 504 g/mol. The minimum absolute atomic E-state index is 0.126. The number of ether oxygens (including phenoxy) is 1. The molecule has 37 heavy (non-hydrogen) atoms. The third-order valence-electron chi connectivity index (χ3n) is 8.25. The molecule has 5 aliphatic carbocycles. The number of alkyl halides is 4. The Balaban J connectivity index is 1.26. The number of halogens is 4. The molecule has 14 heteroatoms. The van der Waals surface area contributed by atoms with E-state index in [4.69, 9.17) is 0 Å². The van der Waals surface area contributed by atoms with Gasteiger partial charge in [-0.25, -0.2) is 4.39 Å². The highest BCUT2D eigenvalue weighted by Gasteiger charge is 2.70. The van der Waals surface area contributed by atoms with Crippen molar-refractivity contribution >= 4 is 29.4 Å². The number of Topliss-reactive ketones (excluding diaryl/α,β-unsaturated/α-hetero) is 1. The van der Waals surface area contributed by atoms with Gasteiger partial charge in [0.25, 0.3) is 0 Å². The first-order valence-electron chi connectivity index (χ1n) is 12.4. The van der Waals surface area contributed by atoms with Crippen LogP contribution in [0.25, 0.3) is 0 Å². The first kappa shape index (κ1) is 25.9. The van der Waals surface area contributed by atoms with Crippen molar-refractivity contribution in [1.29, 1.82) is 0 Å². The van der Waals surface area contributed by atoms with Crippen LogP contribution >= 0.6 is 0 Å². The standard InChI is InChI=1S/C23H28F4N4O6/c24-20-8-21(9-20,10-20)30-17(34)18(35)31-22(6-13(22)11-1-2-11)19(36)29-14(5-12-3-4-28-16(12)33)15(32)7-37-23(25,26)27/h11-14H,1-10H2,(H,28,33)(H,29,36)(H,30,34)(H,31,35)/t12-,13-,14-,20?,21?,22+/m0/s1. The number of carbonyl (C=O) groups excluding carboxylic acids is 5. The molecule has 2 bridgehead atoms. The highest BCUT2D eigenvalue weighted by molar-refractivity contribution is 6.36. The highest BCUT2D eigenvalue weighted by atomic mass is 19.4. The van der Waals surface area contributed by atoms with Crippen molar-refractivity contribution in [2.75, 3.05) is 13.2 Å². The molecule has 4 N–H and O–H groups in total. The lowest BCUT2D eigenvalue weighted by molar-refractivity contribution is -0.321. The van der Waals surface area contributed by atoms with Crippen LogP contribution < -0.4 is 21.3 Å². The molecule has 4 atom stereocenters. The summed E-state index contributed by atoms with van der Waals surface area (Å²) in [5, 5.41) is 10.0.